The first-order chi connectivity index (χ1) is 13.4. The number of nitro benzene ring substituents is 1. The fourth-order valence-corrected chi connectivity index (χ4v) is 4.15. The molecule has 0 saturated carbocycles. The normalized spacial score (nSPS) is 15.5. The van der Waals surface area contributed by atoms with Crippen molar-refractivity contribution in [2.75, 3.05) is 27.9 Å². The van der Waals surface area contributed by atoms with E-state index in [1.54, 1.807) is 6.07 Å². The summed E-state index contributed by atoms with van der Waals surface area (Å²) in [5.41, 5.74) is 0.0668. The van der Waals surface area contributed by atoms with E-state index < -0.39 is 28.5 Å². The number of ether oxygens (including phenoxy) is 3. The molecule has 10 heteroatoms. The Morgan fingerprint density at radius 3 is 2.50 bits per heavy atom. The quantitative estimate of drug-likeness (QED) is 0.426. The summed E-state index contributed by atoms with van der Waals surface area (Å²) in [5.74, 6) is -0.941. The summed E-state index contributed by atoms with van der Waals surface area (Å²) < 4.78 is 15.2. The molecule has 1 unspecified atom stereocenters. The van der Waals surface area contributed by atoms with Crippen molar-refractivity contribution < 1.29 is 28.7 Å². The molecule has 0 spiro atoms. The molecule has 0 bridgehead atoms. The molecular weight excluding hydrogens is 388 g/mol. The largest absolute Gasteiger partial charge is 0.493 e. The Kier molecular flexibility index (Phi) is 5.50. The summed E-state index contributed by atoms with van der Waals surface area (Å²) in [6.45, 7) is 0.234. The number of nitro groups is 1. The molecular formula is C18H18N2O7S. The second kappa shape index (κ2) is 7.85. The van der Waals surface area contributed by atoms with E-state index in [-0.39, 0.29) is 23.6 Å². The minimum absolute atomic E-state index is 0.133. The van der Waals surface area contributed by atoms with E-state index in [0.717, 1.165) is 10.9 Å². The number of methoxy groups -OCH3 is 3. The van der Waals surface area contributed by atoms with Crippen LogP contribution in [-0.4, -0.2) is 49.6 Å². The number of hydrogen-bond donors (Lipinski definition) is 0. The SMILES string of the molecule is COC(=O)C1c2ccsc2CCN1C(=O)c1cc(OC)c(OC)cc1[N+](=O)[O-]. The van der Waals surface area contributed by atoms with Gasteiger partial charge in [0.1, 0.15) is 5.56 Å². The van der Waals surface area contributed by atoms with Crippen molar-refractivity contribution in [2.45, 2.75) is 12.5 Å². The minimum Gasteiger partial charge on any atom is -0.493 e. The lowest BCUT2D eigenvalue weighted by atomic mass is 9.98. The van der Waals surface area contributed by atoms with Gasteiger partial charge < -0.3 is 19.1 Å². The van der Waals surface area contributed by atoms with Gasteiger partial charge in [0, 0.05) is 17.5 Å². The average molecular weight is 406 g/mol. The Balaban J connectivity index is 2.10. The molecule has 1 aromatic heterocycles. The first-order valence-electron chi connectivity index (χ1n) is 8.28. The standard InChI is InChI=1S/C18H18N2O7S/c1-25-13-8-11(12(20(23)24)9-14(13)26-2)17(21)19-6-4-15-10(5-7-28-15)16(19)18(22)27-3/h5,7-9,16H,4,6H2,1-3H3. The van der Waals surface area contributed by atoms with E-state index in [0.29, 0.717) is 12.0 Å². The maximum absolute atomic E-state index is 13.3. The molecule has 1 aliphatic heterocycles. The fraction of sp³-hybridized carbons (Fsp3) is 0.333. The average Bonchev–Trinajstić information content (AvgIpc) is 3.19. The van der Waals surface area contributed by atoms with Gasteiger partial charge in [-0.25, -0.2) is 4.79 Å². The second-order valence-corrected chi connectivity index (χ2v) is 6.96. The van der Waals surface area contributed by atoms with Gasteiger partial charge in [0.05, 0.1) is 32.3 Å². The third-order valence-electron chi connectivity index (χ3n) is 4.58. The van der Waals surface area contributed by atoms with E-state index in [1.165, 1.54) is 43.6 Å². The summed E-state index contributed by atoms with van der Waals surface area (Å²) in [6.07, 6.45) is 0.549. The van der Waals surface area contributed by atoms with Gasteiger partial charge in [-0.15, -0.1) is 11.3 Å². The Labute approximate surface area is 164 Å². The van der Waals surface area contributed by atoms with Crippen LogP contribution in [0.15, 0.2) is 23.6 Å². The molecule has 3 rings (SSSR count). The molecule has 1 amide bonds. The number of carbonyl (C=O) groups excluding carboxylic acids is 2. The third kappa shape index (κ3) is 3.26. The van der Waals surface area contributed by atoms with Gasteiger partial charge in [0.25, 0.3) is 11.6 Å². The molecule has 9 nitrogen and oxygen atoms in total. The second-order valence-electron chi connectivity index (χ2n) is 5.95. The van der Waals surface area contributed by atoms with Crippen molar-refractivity contribution in [1.82, 2.24) is 4.90 Å². The van der Waals surface area contributed by atoms with Crippen LogP contribution in [0.4, 0.5) is 5.69 Å². The zero-order chi connectivity index (χ0) is 20.4. The molecule has 148 valence electrons. The number of carbonyl (C=O) groups is 2. The van der Waals surface area contributed by atoms with E-state index >= 15 is 0 Å². The molecule has 0 N–H and O–H groups in total. The number of benzene rings is 1. The van der Waals surface area contributed by atoms with Crippen LogP contribution < -0.4 is 9.47 Å². The summed E-state index contributed by atoms with van der Waals surface area (Å²) in [4.78, 5) is 38.9. The number of nitrogens with zero attached hydrogens (tertiary/aromatic N) is 2. The highest BCUT2D eigenvalue weighted by Gasteiger charge is 2.40. The summed E-state index contributed by atoms with van der Waals surface area (Å²) in [5, 5.41) is 13.4. The lowest BCUT2D eigenvalue weighted by Gasteiger charge is -2.34. The van der Waals surface area contributed by atoms with Crippen LogP contribution in [0.1, 0.15) is 26.8 Å². The highest BCUT2D eigenvalue weighted by molar-refractivity contribution is 7.10. The monoisotopic (exact) mass is 406 g/mol. The number of amides is 1. The van der Waals surface area contributed by atoms with E-state index in [1.807, 2.05) is 5.38 Å². The topological polar surface area (TPSA) is 108 Å². The molecule has 28 heavy (non-hydrogen) atoms. The molecule has 0 aliphatic carbocycles. The van der Waals surface area contributed by atoms with Gasteiger partial charge >= 0.3 is 5.97 Å². The van der Waals surface area contributed by atoms with Crippen LogP contribution in [-0.2, 0) is 16.0 Å². The molecule has 0 saturated heterocycles. The van der Waals surface area contributed by atoms with Crippen molar-refractivity contribution in [2.24, 2.45) is 0 Å². The van der Waals surface area contributed by atoms with E-state index in [9.17, 15) is 19.7 Å². The number of fused-ring (bicyclic) bond motifs is 1. The van der Waals surface area contributed by atoms with Gasteiger partial charge in [0.2, 0.25) is 0 Å². The number of rotatable bonds is 5. The predicted molar refractivity (Wildman–Crippen MR) is 100 cm³/mol. The van der Waals surface area contributed by atoms with Crippen molar-refractivity contribution in [1.29, 1.82) is 0 Å². The van der Waals surface area contributed by atoms with Crippen LogP contribution in [0.25, 0.3) is 0 Å². The number of esters is 1. The van der Waals surface area contributed by atoms with Gasteiger partial charge in [-0.3, -0.25) is 14.9 Å². The smallest absolute Gasteiger partial charge is 0.333 e. The van der Waals surface area contributed by atoms with Gasteiger partial charge in [0.15, 0.2) is 17.5 Å². The zero-order valence-corrected chi connectivity index (χ0v) is 16.3. The number of thiophene rings is 1. The summed E-state index contributed by atoms with van der Waals surface area (Å²) in [6, 6.07) is 3.21. The first kappa shape index (κ1) is 19.6. The van der Waals surface area contributed by atoms with Gasteiger partial charge in [-0.1, -0.05) is 0 Å². The first-order valence-corrected chi connectivity index (χ1v) is 9.16. The van der Waals surface area contributed by atoms with Crippen molar-refractivity contribution in [3.8, 4) is 11.5 Å². The molecule has 1 aliphatic rings. The lowest BCUT2D eigenvalue weighted by molar-refractivity contribution is -0.385. The minimum atomic E-state index is -0.958. The Morgan fingerprint density at radius 1 is 1.21 bits per heavy atom. The van der Waals surface area contributed by atoms with Crippen LogP contribution >= 0.6 is 11.3 Å². The molecule has 1 aromatic carbocycles. The van der Waals surface area contributed by atoms with Crippen LogP contribution in [0.5, 0.6) is 11.5 Å². The van der Waals surface area contributed by atoms with E-state index in [2.05, 4.69) is 0 Å². The predicted octanol–water partition coefficient (Wildman–Crippen LogP) is 2.59. The highest BCUT2D eigenvalue weighted by Crippen LogP contribution is 2.39. The number of hydrogen-bond acceptors (Lipinski definition) is 8. The molecule has 2 aromatic rings. The van der Waals surface area contributed by atoms with Crippen LogP contribution in [0, 0.1) is 10.1 Å². The highest BCUT2D eigenvalue weighted by atomic mass is 32.1. The van der Waals surface area contributed by atoms with Crippen molar-refractivity contribution in [3.05, 3.63) is 49.7 Å². The Morgan fingerprint density at radius 2 is 1.89 bits per heavy atom. The van der Waals surface area contributed by atoms with Crippen LogP contribution in [0.3, 0.4) is 0 Å². The zero-order valence-electron chi connectivity index (χ0n) is 15.5. The summed E-state index contributed by atoms with van der Waals surface area (Å²) in [7, 11) is 3.96. The van der Waals surface area contributed by atoms with Gasteiger partial charge in [-0.2, -0.15) is 0 Å². The fourth-order valence-electron chi connectivity index (χ4n) is 3.25. The van der Waals surface area contributed by atoms with Crippen molar-refractivity contribution in [3.63, 3.8) is 0 Å². The third-order valence-corrected chi connectivity index (χ3v) is 5.58. The van der Waals surface area contributed by atoms with Crippen molar-refractivity contribution >= 4 is 28.9 Å². The molecule has 1 atom stereocenters. The van der Waals surface area contributed by atoms with Gasteiger partial charge in [-0.05, 0) is 23.4 Å². The maximum atomic E-state index is 13.3. The Hall–Kier alpha value is -3.14. The molecule has 0 radical (unpaired) electrons. The lowest BCUT2D eigenvalue weighted by Crippen LogP contribution is -2.43. The maximum Gasteiger partial charge on any atom is 0.333 e. The summed E-state index contributed by atoms with van der Waals surface area (Å²) >= 11 is 1.50. The molecule has 2 heterocycles. The van der Waals surface area contributed by atoms with E-state index in [4.69, 9.17) is 14.2 Å². The Bertz CT molecular complexity index is 940. The molecule has 0 fully saturated rings. The van der Waals surface area contributed by atoms with Crippen LogP contribution in [0.2, 0.25) is 0 Å².